The van der Waals surface area contributed by atoms with Crippen LogP contribution in [-0.2, 0) is 22.1 Å². The molecule has 1 aromatic carbocycles. The third-order valence-corrected chi connectivity index (χ3v) is 5.07. The van der Waals surface area contributed by atoms with Gasteiger partial charge in [-0.1, -0.05) is 30.3 Å². The number of amides is 1. The highest BCUT2D eigenvalue weighted by Crippen LogP contribution is 2.34. The fourth-order valence-electron chi connectivity index (χ4n) is 3.46. The van der Waals surface area contributed by atoms with Crippen LogP contribution in [-0.4, -0.2) is 66.3 Å². The second-order valence-electron chi connectivity index (χ2n) is 7.26. The molecule has 1 aliphatic rings. The van der Waals surface area contributed by atoms with Crippen LogP contribution in [0.4, 0.5) is 19.0 Å². The zero-order chi connectivity index (χ0) is 24.0. The Hall–Kier alpha value is -3.65. The quantitative estimate of drug-likeness (QED) is 0.655. The summed E-state index contributed by atoms with van der Waals surface area (Å²) in [4.78, 5) is 31.3. The van der Waals surface area contributed by atoms with Crippen molar-refractivity contribution in [2.24, 2.45) is 0 Å². The summed E-state index contributed by atoms with van der Waals surface area (Å²) in [6, 6.07) is 11.8. The highest BCUT2D eigenvalue weighted by atomic mass is 19.4. The Bertz CT molecular complexity index is 1050. The van der Waals surface area contributed by atoms with Crippen LogP contribution < -0.4 is 4.90 Å². The van der Waals surface area contributed by atoms with E-state index in [1.807, 2.05) is 30.3 Å². The molecule has 1 aliphatic heterocycles. The van der Waals surface area contributed by atoms with E-state index in [0.717, 1.165) is 11.6 Å². The number of carbonyl (C=O) groups is 2. The third-order valence-electron chi connectivity index (χ3n) is 5.07. The number of pyridine rings is 1. The van der Waals surface area contributed by atoms with Crippen molar-refractivity contribution in [1.29, 1.82) is 5.26 Å². The van der Waals surface area contributed by atoms with Gasteiger partial charge < -0.3 is 19.6 Å². The number of hydrogen-bond donors (Lipinski definition) is 1. The molecule has 3 rings (SSSR count). The number of alkyl halides is 3. The first-order chi connectivity index (χ1) is 15.7. The van der Waals surface area contributed by atoms with Gasteiger partial charge in [0.1, 0.15) is 18.5 Å². The number of piperazine rings is 1. The maximum absolute atomic E-state index is 13.6. The number of nitriles is 1. The summed E-state index contributed by atoms with van der Waals surface area (Å²) in [5.74, 6) is -1.64. The lowest BCUT2D eigenvalue weighted by molar-refractivity contribution is -0.141. The lowest BCUT2D eigenvalue weighted by Crippen LogP contribution is -2.49. The summed E-state index contributed by atoms with van der Waals surface area (Å²) >= 11 is 0. The van der Waals surface area contributed by atoms with E-state index in [1.165, 1.54) is 4.90 Å². The maximum Gasteiger partial charge on any atom is 0.434 e. The molecule has 0 atom stereocenters. The Kier molecular flexibility index (Phi) is 7.50. The largest absolute Gasteiger partial charge is 0.460 e. The van der Waals surface area contributed by atoms with Crippen LogP contribution in [0.15, 0.2) is 36.4 Å². The molecule has 1 aromatic heterocycles. The predicted octanol–water partition coefficient (Wildman–Crippen LogP) is 2.01. The van der Waals surface area contributed by atoms with E-state index in [0.29, 0.717) is 0 Å². The van der Waals surface area contributed by atoms with E-state index >= 15 is 0 Å². The Labute approximate surface area is 187 Å². The fraction of sp³-hybridized carbons (Fsp3) is 0.364. The number of esters is 1. The molecule has 0 unspecified atom stereocenters. The summed E-state index contributed by atoms with van der Waals surface area (Å²) in [5.41, 5.74) is -1.73. The number of halogens is 3. The molecule has 11 heteroatoms. The van der Waals surface area contributed by atoms with Gasteiger partial charge in [0.2, 0.25) is 5.91 Å². The van der Waals surface area contributed by atoms with Crippen LogP contribution in [0.2, 0.25) is 0 Å². The molecule has 1 amide bonds. The average Bonchev–Trinajstić information content (AvgIpc) is 2.81. The molecular formula is C22H21F3N4O4. The average molecular weight is 462 g/mol. The van der Waals surface area contributed by atoms with Crippen LogP contribution in [0.1, 0.15) is 27.2 Å². The zero-order valence-corrected chi connectivity index (χ0v) is 17.5. The van der Waals surface area contributed by atoms with Crippen molar-refractivity contribution in [1.82, 2.24) is 9.88 Å². The van der Waals surface area contributed by atoms with Crippen LogP contribution in [0.5, 0.6) is 0 Å². The Balaban J connectivity index is 1.80. The van der Waals surface area contributed by atoms with Gasteiger partial charge in [0.15, 0.2) is 5.69 Å². The second kappa shape index (κ2) is 10.3. The number of benzene rings is 1. The summed E-state index contributed by atoms with van der Waals surface area (Å²) < 4.78 is 45.4. The van der Waals surface area contributed by atoms with Gasteiger partial charge in [0.05, 0.1) is 24.2 Å². The minimum atomic E-state index is -4.97. The minimum absolute atomic E-state index is 0.104. The van der Waals surface area contributed by atoms with E-state index in [9.17, 15) is 28.0 Å². The van der Waals surface area contributed by atoms with Gasteiger partial charge in [-0.25, -0.2) is 9.78 Å². The molecule has 2 heterocycles. The Morgan fingerprint density at radius 3 is 2.39 bits per heavy atom. The number of carbonyl (C=O) groups excluding carboxylic acids is 2. The number of aliphatic hydroxyl groups excluding tert-OH is 1. The van der Waals surface area contributed by atoms with Gasteiger partial charge in [-0.05, 0) is 11.6 Å². The summed E-state index contributed by atoms with van der Waals surface area (Å²) in [7, 11) is 0. The van der Waals surface area contributed by atoms with Crippen molar-refractivity contribution in [2.45, 2.75) is 12.6 Å². The molecule has 0 radical (unpaired) electrons. The second-order valence-corrected chi connectivity index (χ2v) is 7.26. The van der Waals surface area contributed by atoms with Gasteiger partial charge in [-0.15, -0.1) is 0 Å². The minimum Gasteiger partial charge on any atom is -0.460 e. The smallest absolute Gasteiger partial charge is 0.434 e. The van der Waals surface area contributed by atoms with Crippen molar-refractivity contribution in [3.05, 3.63) is 58.8 Å². The topological polar surface area (TPSA) is 107 Å². The molecule has 1 saturated heterocycles. The number of aliphatic hydroxyl groups is 1. The molecule has 0 saturated carbocycles. The van der Waals surface area contributed by atoms with E-state index in [2.05, 4.69) is 9.72 Å². The number of ether oxygens (including phenoxy) is 1. The van der Waals surface area contributed by atoms with Crippen molar-refractivity contribution >= 4 is 17.7 Å². The normalized spacial score (nSPS) is 14.0. The number of rotatable bonds is 6. The molecule has 0 spiro atoms. The molecular weight excluding hydrogens is 441 g/mol. The van der Waals surface area contributed by atoms with Gasteiger partial charge in [0, 0.05) is 26.2 Å². The molecule has 1 N–H and O–H groups in total. The maximum atomic E-state index is 13.6. The lowest BCUT2D eigenvalue weighted by Gasteiger charge is -2.36. The Morgan fingerprint density at radius 1 is 1.15 bits per heavy atom. The van der Waals surface area contributed by atoms with Gasteiger partial charge in [0.25, 0.3) is 0 Å². The van der Waals surface area contributed by atoms with Crippen molar-refractivity contribution in [3.8, 4) is 6.07 Å². The highest BCUT2D eigenvalue weighted by Gasteiger charge is 2.40. The molecule has 2 aromatic rings. The van der Waals surface area contributed by atoms with Crippen LogP contribution in [0.3, 0.4) is 0 Å². The highest BCUT2D eigenvalue weighted by molar-refractivity contribution is 5.92. The summed E-state index contributed by atoms with van der Waals surface area (Å²) in [6.45, 7) is -0.197. The van der Waals surface area contributed by atoms with Gasteiger partial charge >= 0.3 is 12.1 Å². The zero-order valence-electron chi connectivity index (χ0n) is 17.5. The number of aromatic nitrogens is 1. The van der Waals surface area contributed by atoms with Crippen LogP contribution in [0.25, 0.3) is 0 Å². The molecule has 0 aliphatic carbocycles. The first kappa shape index (κ1) is 24.0. The number of anilines is 1. The predicted molar refractivity (Wildman–Crippen MR) is 110 cm³/mol. The van der Waals surface area contributed by atoms with E-state index < -0.39 is 36.6 Å². The summed E-state index contributed by atoms with van der Waals surface area (Å²) in [6.07, 6.45) is -4.75. The molecule has 174 valence electrons. The summed E-state index contributed by atoms with van der Waals surface area (Å²) in [5, 5.41) is 18.2. The van der Waals surface area contributed by atoms with E-state index in [-0.39, 0.29) is 49.9 Å². The SMILES string of the molecule is N#Cc1cc(C(=O)OCCO)c(C(F)(F)F)nc1N1CCN(C(=O)Cc2ccccc2)CC1. The first-order valence-corrected chi connectivity index (χ1v) is 10.1. The van der Waals surface area contributed by atoms with Crippen molar-refractivity contribution in [3.63, 3.8) is 0 Å². The van der Waals surface area contributed by atoms with Crippen LogP contribution in [0, 0.1) is 11.3 Å². The third kappa shape index (κ3) is 5.78. The van der Waals surface area contributed by atoms with E-state index in [1.54, 1.807) is 11.0 Å². The van der Waals surface area contributed by atoms with E-state index in [4.69, 9.17) is 5.11 Å². The number of hydrogen-bond acceptors (Lipinski definition) is 7. The number of nitrogens with zero attached hydrogens (tertiary/aromatic N) is 4. The van der Waals surface area contributed by atoms with Crippen LogP contribution >= 0.6 is 0 Å². The molecule has 0 bridgehead atoms. The van der Waals surface area contributed by atoms with Crippen molar-refractivity contribution < 1.29 is 32.6 Å². The molecule has 1 fully saturated rings. The van der Waals surface area contributed by atoms with Crippen molar-refractivity contribution in [2.75, 3.05) is 44.3 Å². The molecule has 33 heavy (non-hydrogen) atoms. The Morgan fingerprint density at radius 2 is 1.82 bits per heavy atom. The van der Waals surface area contributed by atoms with Gasteiger partial charge in [-0.3, -0.25) is 4.79 Å². The fourth-order valence-corrected chi connectivity index (χ4v) is 3.46. The lowest BCUT2D eigenvalue weighted by atomic mass is 10.1. The standard InChI is InChI=1S/C22H21F3N4O4/c23-22(24,25)19-17(21(32)33-11-10-30)13-16(14-26)20(27-19)29-8-6-28(7-9-29)18(31)12-15-4-2-1-3-5-15/h1-5,13,30H,6-12H2. The van der Waals surface area contributed by atoms with Gasteiger partial charge in [-0.2, -0.15) is 18.4 Å². The molecule has 8 nitrogen and oxygen atoms in total. The monoisotopic (exact) mass is 462 g/mol. The first-order valence-electron chi connectivity index (χ1n) is 10.1.